The summed E-state index contributed by atoms with van der Waals surface area (Å²) in [5.74, 6) is 6.65. The molecule has 0 spiro atoms. The maximum Gasteiger partial charge on any atom is 0.0528 e. The van der Waals surface area contributed by atoms with Crippen LogP contribution in [0.4, 0.5) is 5.69 Å². The van der Waals surface area contributed by atoms with Gasteiger partial charge in [-0.1, -0.05) is 42.2 Å². The summed E-state index contributed by atoms with van der Waals surface area (Å²) >= 11 is 0. The largest absolute Gasteiger partial charge is 0.365 e. The zero-order valence-corrected chi connectivity index (χ0v) is 12.6. The Balaban J connectivity index is 2.03. The van der Waals surface area contributed by atoms with Crippen LogP contribution in [0.15, 0.2) is 48.5 Å². The molecule has 2 aromatic rings. The molecule has 0 radical (unpaired) electrons. The molecular formula is C19H20N2. The molecule has 1 aliphatic heterocycles. The lowest BCUT2D eigenvalue weighted by Crippen LogP contribution is -2.32. The molecule has 0 saturated heterocycles. The van der Waals surface area contributed by atoms with Crippen molar-refractivity contribution in [1.82, 2.24) is 4.90 Å². The van der Waals surface area contributed by atoms with Crippen molar-refractivity contribution in [1.29, 1.82) is 0 Å². The van der Waals surface area contributed by atoms with Crippen molar-refractivity contribution >= 4 is 5.69 Å². The van der Waals surface area contributed by atoms with E-state index >= 15 is 0 Å². The van der Waals surface area contributed by atoms with Gasteiger partial charge >= 0.3 is 0 Å². The highest BCUT2D eigenvalue weighted by atomic mass is 15.2. The zero-order valence-electron chi connectivity index (χ0n) is 12.6. The molecule has 0 aromatic heterocycles. The molecule has 0 atom stereocenters. The lowest BCUT2D eigenvalue weighted by Gasteiger charge is -2.29. The van der Waals surface area contributed by atoms with Crippen molar-refractivity contribution in [2.75, 3.05) is 32.1 Å². The second kappa shape index (κ2) is 6.03. The predicted molar refractivity (Wildman–Crippen MR) is 88.5 cm³/mol. The Morgan fingerprint density at radius 3 is 2.43 bits per heavy atom. The molecule has 0 saturated carbocycles. The van der Waals surface area contributed by atoms with Gasteiger partial charge < -0.3 is 9.80 Å². The number of nitrogens with zero attached hydrogens (tertiary/aromatic N) is 2. The first-order valence-corrected chi connectivity index (χ1v) is 7.32. The van der Waals surface area contributed by atoms with Crippen LogP contribution in [0.3, 0.4) is 0 Å². The van der Waals surface area contributed by atoms with E-state index in [0.29, 0.717) is 0 Å². The highest BCUT2D eigenvalue weighted by molar-refractivity contribution is 5.64. The quantitative estimate of drug-likeness (QED) is 0.795. The predicted octanol–water partition coefficient (Wildman–Crippen LogP) is 2.97. The first kappa shape index (κ1) is 13.7. The number of likely N-dealkylation sites (N-methyl/N-ethyl adjacent to an activating group) is 1. The van der Waals surface area contributed by atoms with Crippen LogP contribution in [0, 0.1) is 11.8 Å². The Hall–Kier alpha value is -2.24. The third-order valence-electron chi connectivity index (χ3n) is 3.77. The summed E-state index contributed by atoms with van der Waals surface area (Å²) in [4.78, 5) is 4.65. The van der Waals surface area contributed by atoms with Crippen LogP contribution < -0.4 is 4.90 Å². The van der Waals surface area contributed by atoms with Gasteiger partial charge in [-0.05, 0) is 37.9 Å². The van der Waals surface area contributed by atoms with Gasteiger partial charge in [0, 0.05) is 30.8 Å². The van der Waals surface area contributed by atoms with E-state index in [1.165, 1.54) is 11.3 Å². The fraction of sp³-hybridized carbons (Fsp3) is 0.263. The Morgan fingerprint density at radius 1 is 0.952 bits per heavy atom. The van der Waals surface area contributed by atoms with E-state index in [2.05, 4.69) is 84.3 Å². The number of hydrogen-bond acceptors (Lipinski definition) is 2. The van der Waals surface area contributed by atoms with E-state index in [4.69, 9.17) is 0 Å². The first-order valence-electron chi connectivity index (χ1n) is 7.32. The summed E-state index contributed by atoms with van der Waals surface area (Å²) in [6, 6.07) is 16.9. The summed E-state index contributed by atoms with van der Waals surface area (Å²) in [7, 11) is 4.23. The maximum atomic E-state index is 3.33. The van der Waals surface area contributed by atoms with Crippen molar-refractivity contribution in [2.24, 2.45) is 0 Å². The van der Waals surface area contributed by atoms with E-state index in [1.807, 2.05) is 0 Å². The lowest BCUT2D eigenvalue weighted by molar-refractivity contribution is 0.412. The van der Waals surface area contributed by atoms with Crippen molar-refractivity contribution in [3.8, 4) is 11.8 Å². The maximum absolute atomic E-state index is 3.33. The van der Waals surface area contributed by atoms with Gasteiger partial charge in [0.05, 0.1) is 5.69 Å². The Labute approximate surface area is 127 Å². The Bertz CT molecular complexity index is 692. The van der Waals surface area contributed by atoms with Crippen LogP contribution in [0.1, 0.15) is 16.7 Å². The van der Waals surface area contributed by atoms with Crippen molar-refractivity contribution in [3.05, 3.63) is 65.2 Å². The van der Waals surface area contributed by atoms with E-state index in [9.17, 15) is 0 Å². The molecule has 0 unspecified atom stereocenters. The first-order chi connectivity index (χ1) is 10.2. The Morgan fingerprint density at radius 2 is 1.62 bits per heavy atom. The molecule has 0 bridgehead atoms. The molecule has 2 heteroatoms. The highest BCUT2D eigenvalue weighted by Gasteiger charge is 2.14. The standard InChI is InChI=1S/C19H20N2/c1-20(2)13-14-21-15-18-9-4-3-7-16(18)11-12-17-8-5-6-10-19(17)21/h3-10H,13-15H2,1-2H3. The summed E-state index contributed by atoms with van der Waals surface area (Å²) in [6.45, 7) is 2.94. The summed E-state index contributed by atoms with van der Waals surface area (Å²) < 4.78 is 0. The van der Waals surface area contributed by atoms with E-state index in [1.54, 1.807) is 0 Å². The Kier molecular flexibility index (Phi) is 3.94. The fourth-order valence-electron chi connectivity index (χ4n) is 2.58. The average Bonchev–Trinajstić information content (AvgIpc) is 2.48. The topological polar surface area (TPSA) is 6.48 Å². The number of hydrogen-bond donors (Lipinski definition) is 0. The molecule has 0 amide bonds. The van der Waals surface area contributed by atoms with Gasteiger partial charge in [-0.15, -0.1) is 0 Å². The molecule has 21 heavy (non-hydrogen) atoms. The summed E-state index contributed by atoms with van der Waals surface area (Å²) in [6.07, 6.45) is 0. The summed E-state index contributed by atoms with van der Waals surface area (Å²) in [5.41, 5.74) is 4.80. The zero-order chi connectivity index (χ0) is 14.7. The number of rotatable bonds is 3. The van der Waals surface area contributed by atoms with Crippen molar-refractivity contribution < 1.29 is 0 Å². The molecule has 0 aliphatic carbocycles. The smallest absolute Gasteiger partial charge is 0.0528 e. The molecule has 3 rings (SSSR count). The molecule has 1 aliphatic rings. The fourth-order valence-corrected chi connectivity index (χ4v) is 2.58. The van der Waals surface area contributed by atoms with Crippen molar-refractivity contribution in [2.45, 2.75) is 6.54 Å². The van der Waals surface area contributed by atoms with Gasteiger partial charge in [0.1, 0.15) is 0 Å². The van der Waals surface area contributed by atoms with Crippen LogP contribution in [-0.4, -0.2) is 32.1 Å². The molecule has 1 heterocycles. The third kappa shape index (κ3) is 3.09. The molecule has 2 nitrogen and oxygen atoms in total. The van der Waals surface area contributed by atoms with Crippen LogP contribution in [0.2, 0.25) is 0 Å². The molecular weight excluding hydrogens is 256 g/mol. The van der Waals surface area contributed by atoms with Gasteiger partial charge in [0.25, 0.3) is 0 Å². The minimum Gasteiger partial charge on any atom is -0.365 e. The van der Waals surface area contributed by atoms with Crippen LogP contribution in [0.5, 0.6) is 0 Å². The minimum absolute atomic E-state index is 0.912. The molecule has 0 fully saturated rings. The van der Waals surface area contributed by atoms with E-state index in [-0.39, 0.29) is 0 Å². The van der Waals surface area contributed by atoms with Crippen LogP contribution >= 0.6 is 0 Å². The van der Waals surface area contributed by atoms with Gasteiger partial charge in [-0.3, -0.25) is 0 Å². The third-order valence-corrected chi connectivity index (χ3v) is 3.77. The monoisotopic (exact) mass is 276 g/mol. The molecule has 0 N–H and O–H groups in total. The number of fused-ring (bicyclic) bond motifs is 2. The van der Waals surface area contributed by atoms with Crippen LogP contribution in [0.25, 0.3) is 0 Å². The van der Waals surface area contributed by atoms with Gasteiger partial charge in [0.15, 0.2) is 0 Å². The van der Waals surface area contributed by atoms with E-state index < -0.39 is 0 Å². The summed E-state index contributed by atoms with van der Waals surface area (Å²) in [5, 5.41) is 0. The van der Waals surface area contributed by atoms with Gasteiger partial charge in [-0.2, -0.15) is 0 Å². The van der Waals surface area contributed by atoms with E-state index in [0.717, 1.165) is 30.8 Å². The second-order valence-electron chi connectivity index (χ2n) is 5.65. The number of benzene rings is 2. The average molecular weight is 276 g/mol. The van der Waals surface area contributed by atoms with Gasteiger partial charge in [0.2, 0.25) is 0 Å². The second-order valence-corrected chi connectivity index (χ2v) is 5.65. The highest BCUT2D eigenvalue weighted by Crippen LogP contribution is 2.24. The normalized spacial score (nSPS) is 12.8. The molecule has 106 valence electrons. The minimum atomic E-state index is 0.912. The number of para-hydroxylation sites is 1. The molecule has 2 aromatic carbocycles. The lowest BCUT2D eigenvalue weighted by atomic mass is 10.0. The van der Waals surface area contributed by atoms with Crippen LogP contribution in [-0.2, 0) is 6.54 Å². The van der Waals surface area contributed by atoms with Gasteiger partial charge in [-0.25, -0.2) is 0 Å². The SMILES string of the molecule is CN(C)CCN1Cc2ccccc2C#Cc2ccccc21. The van der Waals surface area contributed by atoms with Crippen molar-refractivity contribution in [3.63, 3.8) is 0 Å². The number of anilines is 1.